The van der Waals surface area contributed by atoms with E-state index in [-0.39, 0.29) is 12.5 Å². The number of benzene rings is 1. The zero-order chi connectivity index (χ0) is 15.0. The smallest absolute Gasteiger partial charge is 0.224 e. The maximum absolute atomic E-state index is 11.8. The van der Waals surface area contributed by atoms with Gasteiger partial charge < -0.3 is 16.2 Å². The number of aliphatic hydroxyl groups is 1. The minimum absolute atomic E-state index is 0.0486. The van der Waals surface area contributed by atoms with E-state index in [4.69, 9.17) is 22.4 Å². The maximum Gasteiger partial charge on any atom is 0.224 e. The molecule has 0 aliphatic carbocycles. The fourth-order valence-electron chi connectivity index (χ4n) is 1.52. The maximum atomic E-state index is 11.8. The lowest BCUT2D eigenvalue weighted by atomic mass is 10.2. The first kappa shape index (κ1) is 17.1. The Balaban J connectivity index is 2.23. The Labute approximate surface area is 129 Å². The fraction of sp³-hybridized carbons (Fsp3) is 0.500. The minimum Gasteiger partial charge on any atom is -0.399 e. The molecule has 1 aromatic carbocycles. The van der Waals surface area contributed by atoms with Gasteiger partial charge in [-0.1, -0.05) is 18.5 Å². The van der Waals surface area contributed by atoms with Gasteiger partial charge in [0.15, 0.2) is 0 Å². The molecule has 4 nitrogen and oxygen atoms in total. The quantitative estimate of drug-likeness (QED) is 0.509. The molecule has 0 bridgehead atoms. The summed E-state index contributed by atoms with van der Waals surface area (Å²) in [5.41, 5.74) is 6.75. The second kappa shape index (κ2) is 9.10. The minimum atomic E-state index is -0.0486. The van der Waals surface area contributed by atoms with Crippen LogP contribution in [0.2, 0.25) is 5.02 Å². The van der Waals surface area contributed by atoms with E-state index in [9.17, 15) is 4.79 Å². The van der Waals surface area contributed by atoms with Gasteiger partial charge >= 0.3 is 0 Å². The number of rotatable bonds is 8. The Kier molecular flexibility index (Phi) is 7.80. The van der Waals surface area contributed by atoms with Crippen LogP contribution in [0.5, 0.6) is 0 Å². The van der Waals surface area contributed by atoms with E-state index < -0.39 is 0 Å². The van der Waals surface area contributed by atoms with Gasteiger partial charge in [-0.15, -0.1) is 0 Å². The largest absolute Gasteiger partial charge is 0.399 e. The van der Waals surface area contributed by atoms with Crippen LogP contribution in [0.25, 0.3) is 0 Å². The van der Waals surface area contributed by atoms with Crippen molar-refractivity contribution in [3.63, 3.8) is 0 Å². The highest BCUT2D eigenvalue weighted by Gasteiger charge is 2.06. The summed E-state index contributed by atoms with van der Waals surface area (Å²) in [7, 11) is 0. The standard InChI is InChI=1S/C14H21ClN2O2S/c1-10(8-18)9-20-6-2-3-14(19)17-13-5-4-11(16)7-12(13)15/h4-5,7,10,18H,2-3,6,8-9,16H2,1H3,(H,17,19). The van der Waals surface area contributed by atoms with Crippen LogP contribution in [-0.2, 0) is 4.79 Å². The van der Waals surface area contributed by atoms with E-state index in [2.05, 4.69) is 5.32 Å². The monoisotopic (exact) mass is 316 g/mol. The van der Waals surface area contributed by atoms with E-state index in [1.54, 1.807) is 30.0 Å². The van der Waals surface area contributed by atoms with Crippen molar-refractivity contribution in [2.24, 2.45) is 5.92 Å². The summed E-state index contributed by atoms with van der Waals surface area (Å²) >= 11 is 7.74. The lowest BCUT2D eigenvalue weighted by Gasteiger charge is -2.09. The van der Waals surface area contributed by atoms with Gasteiger partial charge in [-0.25, -0.2) is 0 Å². The van der Waals surface area contributed by atoms with Gasteiger partial charge in [0.25, 0.3) is 0 Å². The summed E-state index contributed by atoms with van der Waals surface area (Å²) in [6, 6.07) is 5.02. The number of nitrogens with two attached hydrogens (primary N) is 1. The first-order valence-electron chi connectivity index (χ1n) is 6.56. The van der Waals surface area contributed by atoms with E-state index in [1.807, 2.05) is 6.92 Å². The third kappa shape index (κ3) is 6.50. The molecule has 1 atom stereocenters. The summed E-state index contributed by atoms with van der Waals surface area (Å²) < 4.78 is 0. The summed E-state index contributed by atoms with van der Waals surface area (Å²) in [5.74, 6) is 2.09. The molecule has 1 amide bonds. The SMILES string of the molecule is CC(CO)CSCCCC(=O)Nc1ccc(N)cc1Cl. The molecule has 0 aliphatic heterocycles. The molecule has 0 saturated heterocycles. The average Bonchev–Trinajstić information content (AvgIpc) is 2.41. The molecular formula is C14H21ClN2O2S. The highest BCUT2D eigenvalue weighted by molar-refractivity contribution is 7.99. The van der Waals surface area contributed by atoms with Crippen LogP contribution in [0.4, 0.5) is 11.4 Å². The van der Waals surface area contributed by atoms with Crippen LogP contribution in [0.1, 0.15) is 19.8 Å². The molecule has 112 valence electrons. The molecule has 1 rings (SSSR count). The second-order valence-corrected chi connectivity index (χ2v) is 6.31. The van der Waals surface area contributed by atoms with Crippen LogP contribution in [-0.4, -0.2) is 29.1 Å². The number of aliphatic hydroxyl groups excluding tert-OH is 1. The normalized spacial score (nSPS) is 12.2. The Hall–Kier alpha value is -0.910. The van der Waals surface area contributed by atoms with Crippen molar-refractivity contribution in [3.8, 4) is 0 Å². The first-order chi connectivity index (χ1) is 9.52. The number of halogens is 1. The molecule has 0 radical (unpaired) electrons. The van der Waals surface area contributed by atoms with E-state index >= 15 is 0 Å². The van der Waals surface area contributed by atoms with Crippen LogP contribution in [0, 0.1) is 5.92 Å². The molecular weight excluding hydrogens is 296 g/mol. The topological polar surface area (TPSA) is 75.3 Å². The molecule has 0 heterocycles. The summed E-state index contributed by atoms with van der Waals surface area (Å²) in [4.78, 5) is 11.8. The van der Waals surface area contributed by atoms with Crippen LogP contribution in [0.15, 0.2) is 18.2 Å². The molecule has 1 aromatic rings. The molecule has 1 unspecified atom stereocenters. The molecule has 0 aliphatic rings. The average molecular weight is 317 g/mol. The van der Waals surface area contributed by atoms with Gasteiger partial charge in [0.1, 0.15) is 0 Å². The Morgan fingerprint density at radius 3 is 2.95 bits per heavy atom. The first-order valence-corrected chi connectivity index (χ1v) is 8.09. The van der Waals surface area contributed by atoms with Gasteiger partial charge in [-0.05, 0) is 42.0 Å². The molecule has 6 heteroatoms. The summed E-state index contributed by atoms with van der Waals surface area (Å²) in [6.07, 6.45) is 1.27. The Morgan fingerprint density at radius 2 is 2.30 bits per heavy atom. The second-order valence-electron chi connectivity index (χ2n) is 4.75. The fourth-order valence-corrected chi connectivity index (χ4v) is 2.78. The van der Waals surface area contributed by atoms with Crippen molar-refractivity contribution < 1.29 is 9.90 Å². The number of thioether (sulfide) groups is 1. The van der Waals surface area contributed by atoms with Crippen LogP contribution >= 0.6 is 23.4 Å². The summed E-state index contributed by atoms with van der Waals surface area (Å²) in [5, 5.41) is 12.1. The van der Waals surface area contributed by atoms with Crippen molar-refractivity contribution in [3.05, 3.63) is 23.2 Å². The highest BCUT2D eigenvalue weighted by Crippen LogP contribution is 2.24. The molecule has 0 saturated carbocycles. The van der Waals surface area contributed by atoms with Crippen LogP contribution in [0.3, 0.4) is 0 Å². The van der Waals surface area contributed by atoms with Gasteiger partial charge in [0, 0.05) is 18.7 Å². The van der Waals surface area contributed by atoms with Crippen LogP contribution < -0.4 is 11.1 Å². The number of anilines is 2. The number of nitrogen functional groups attached to an aromatic ring is 1. The van der Waals surface area contributed by atoms with E-state index in [1.165, 1.54) is 0 Å². The van der Waals surface area contributed by atoms with Crippen molar-refractivity contribution in [1.82, 2.24) is 0 Å². The van der Waals surface area contributed by atoms with Crippen molar-refractivity contribution in [1.29, 1.82) is 0 Å². The van der Waals surface area contributed by atoms with Gasteiger partial charge in [0.05, 0.1) is 10.7 Å². The number of hydrogen-bond donors (Lipinski definition) is 3. The van der Waals surface area contributed by atoms with Crippen molar-refractivity contribution in [2.75, 3.05) is 29.2 Å². The molecule has 0 aromatic heterocycles. The lowest BCUT2D eigenvalue weighted by Crippen LogP contribution is -2.12. The number of hydrogen-bond acceptors (Lipinski definition) is 4. The van der Waals surface area contributed by atoms with E-state index in [0.29, 0.717) is 28.7 Å². The van der Waals surface area contributed by atoms with E-state index in [0.717, 1.165) is 17.9 Å². The third-order valence-electron chi connectivity index (χ3n) is 2.67. The zero-order valence-electron chi connectivity index (χ0n) is 11.6. The Morgan fingerprint density at radius 1 is 1.55 bits per heavy atom. The molecule has 0 spiro atoms. The summed E-state index contributed by atoms with van der Waals surface area (Å²) in [6.45, 7) is 2.21. The number of carbonyl (C=O) groups excluding carboxylic acids is 1. The van der Waals surface area contributed by atoms with Gasteiger partial charge in [-0.2, -0.15) is 11.8 Å². The molecule has 0 fully saturated rings. The van der Waals surface area contributed by atoms with Gasteiger partial charge in [-0.3, -0.25) is 4.79 Å². The predicted molar refractivity (Wildman–Crippen MR) is 87.3 cm³/mol. The third-order valence-corrected chi connectivity index (χ3v) is 4.37. The molecule has 20 heavy (non-hydrogen) atoms. The molecule has 4 N–H and O–H groups in total. The predicted octanol–water partition coefficient (Wildman–Crippen LogP) is 3.00. The number of nitrogens with one attached hydrogen (secondary N) is 1. The highest BCUT2D eigenvalue weighted by atomic mass is 35.5. The van der Waals surface area contributed by atoms with Crippen molar-refractivity contribution in [2.45, 2.75) is 19.8 Å². The number of carbonyl (C=O) groups is 1. The zero-order valence-corrected chi connectivity index (χ0v) is 13.1. The lowest BCUT2D eigenvalue weighted by molar-refractivity contribution is -0.116. The Bertz CT molecular complexity index is 443. The van der Waals surface area contributed by atoms with Crippen molar-refractivity contribution >= 4 is 40.6 Å². The number of amides is 1. The van der Waals surface area contributed by atoms with Gasteiger partial charge in [0.2, 0.25) is 5.91 Å².